The fourth-order valence-corrected chi connectivity index (χ4v) is 4.17. The number of nitrogens with zero attached hydrogens (tertiary/aromatic N) is 7. The second-order valence-electron chi connectivity index (χ2n) is 7.67. The first kappa shape index (κ1) is 18.8. The van der Waals surface area contributed by atoms with Gasteiger partial charge in [-0.2, -0.15) is 14.7 Å². The maximum Gasteiger partial charge on any atom is 0.234 e. The molecule has 0 aliphatic carbocycles. The fraction of sp³-hybridized carbons (Fsp3) is 0.286. The third kappa shape index (κ3) is 3.69. The number of hydrogen-bond acceptors (Lipinski definition) is 7. The molecule has 1 aromatic carbocycles. The van der Waals surface area contributed by atoms with Crippen LogP contribution in [0.1, 0.15) is 30.2 Å². The average molecular weight is 419 g/mol. The summed E-state index contributed by atoms with van der Waals surface area (Å²) in [5, 5.41) is 23.1. The lowest BCUT2D eigenvalue weighted by Gasteiger charge is -2.05. The van der Waals surface area contributed by atoms with Crippen molar-refractivity contribution in [3.63, 3.8) is 0 Å². The minimum absolute atomic E-state index is 0.418. The average Bonchev–Trinajstić information content (AvgIpc) is 3.43. The quantitative estimate of drug-likeness (QED) is 0.456. The Kier molecular flexibility index (Phi) is 4.76. The van der Waals surface area contributed by atoms with Crippen molar-refractivity contribution in [3.05, 3.63) is 59.3 Å². The van der Waals surface area contributed by atoms with Gasteiger partial charge in [0, 0.05) is 55.0 Å². The van der Waals surface area contributed by atoms with Crippen molar-refractivity contribution in [2.24, 2.45) is 7.05 Å². The minimum Gasteiger partial charge on any atom is -0.308 e. The van der Waals surface area contributed by atoms with E-state index in [1.807, 2.05) is 30.2 Å². The fourth-order valence-electron chi connectivity index (χ4n) is 3.37. The molecule has 0 spiro atoms. The summed E-state index contributed by atoms with van der Waals surface area (Å²) in [4.78, 5) is 5.43. The van der Waals surface area contributed by atoms with Crippen molar-refractivity contribution in [1.29, 1.82) is 0 Å². The Hall–Kier alpha value is -3.17. The van der Waals surface area contributed by atoms with E-state index in [2.05, 4.69) is 68.8 Å². The predicted octanol–water partition coefficient (Wildman–Crippen LogP) is 3.22. The molecule has 0 amide bonds. The highest BCUT2D eigenvalue weighted by Crippen LogP contribution is 2.24. The second kappa shape index (κ2) is 7.58. The van der Waals surface area contributed by atoms with Gasteiger partial charge in [0.05, 0.1) is 11.7 Å². The van der Waals surface area contributed by atoms with Gasteiger partial charge in [-0.1, -0.05) is 31.3 Å². The molecule has 152 valence electrons. The lowest BCUT2D eigenvalue weighted by atomic mass is 10.0. The number of rotatable bonds is 6. The number of aromatic nitrogens is 7. The van der Waals surface area contributed by atoms with Gasteiger partial charge in [-0.05, 0) is 23.8 Å². The molecule has 0 saturated carbocycles. The number of benzene rings is 1. The number of nitrogens with one attached hydrogen (secondary N) is 1. The van der Waals surface area contributed by atoms with Gasteiger partial charge in [-0.25, -0.2) is 0 Å². The molecule has 0 bridgehead atoms. The van der Waals surface area contributed by atoms with E-state index >= 15 is 0 Å². The van der Waals surface area contributed by atoms with E-state index in [-0.39, 0.29) is 0 Å². The van der Waals surface area contributed by atoms with Gasteiger partial charge < -0.3 is 5.32 Å². The highest BCUT2D eigenvalue weighted by molar-refractivity contribution is 7.16. The predicted molar refractivity (Wildman–Crippen MR) is 117 cm³/mol. The standard InChI is InChI=1S/C21H22N8S/c1-13(2)22-11-20-27-29-19(25-26-21(29)30-20)7-14-4-5-18-15(6-14)8-16(9-23-18)17-10-24-28(3)12-17/h4-6,8-10,12-13,22H,7,11H2,1-3H3. The lowest BCUT2D eigenvalue weighted by Crippen LogP contribution is -2.21. The largest absolute Gasteiger partial charge is 0.308 e. The normalized spacial score (nSPS) is 11.9. The highest BCUT2D eigenvalue weighted by Gasteiger charge is 2.13. The van der Waals surface area contributed by atoms with Crippen molar-refractivity contribution >= 4 is 27.2 Å². The van der Waals surface area contributed by atoms with Gasteiger partial charge >= 0.3 is 0 Å². The Morgan fingerprint density at radius 2 is 2.00 bits per heavy atom. The van der Waals surface area contributed by atoms with Gasteiger partial charge in [0.25, 0.3) is 0 Å². The monoisotopic (exact) mass is 418 g/mol. The molecule has 0 aliphatic rings. The van der Waals surface area contributed by atoms with Gasteiger partial charge in [0.2, 0.25) is 4.96 Å². The van der Waals surface area contributed by atoms with Gasteiger partial charge in [-0.15, -0.1) is 10.2 Å². The molecule has 4 aromatic heterocycles. The lowest BCUT2D eigenvalue weighted by molar-refractivity contribution is 0.582. The van der Waals surface area contributed by atoms with E-state index < -0.39 is 0 Å². The van der Waals surface area contributed by atoms with Crippen LogP contribution in [0.25, 0.3) is 27.0 Å². The topological polar surface area (TPSA) is 85.8 Å². The Bertz CT molecular complexity index is 1330. The third-order valence-electron chi connectivity index (χ3n) is 4.90. The van der Waals surface area contributed by atoms with Gasteiger partial charge in [-0.3, -0.25) is 9.67 Å². The molecule has 8 nitrogen and oxygen atoms in total. The molecule has 0 unspecified atom stereocenters. The summed E-state index contributed by atoms with van der Waals surface area (Å²) in [5.74, 6) is 0.841. The molecule has 0 atom stereocenters. The van der Waals surface area contributed by atoms with Crippen molar-refractivity contribution in [2.45, 2.75) is 32.9 Å². The van der Waals surface area contributed by atoms with Crippen molar-refractivity contribution < 1.29 is 0 Å². The molecule has 9 heteroatoms. The summed E-state index contributed by atoms with van der Waals surface area (Å²) < 4.78 is 3.65. The van der Waals surface area contributed by atoms with Crippen LogP contribution < -0.4 is 5.32 Å². The van der Waals surface area contributed by atoms with Crippen LogP contribution in [-0.2, 0) is 20.0 Å². The maximum atomic E-state index is 4.69. The molecule has 4 heterocycles. The van der Waals surface area contributed by atoms with Crippen molar-refractivity contribution in [1.82, 2.24) is 39.9 Å². The van der Waals surface area contributed by atoms with Crippen LogP contribution in [0.3, 0.4) is 0 Å². The minimum atomic E-state index is 0.418. The Balaban J connectivity index is 1.43. The summed E-state index contributed by atoms with van der Waals surface area (Å²) in [6.07, 6.45) is 6.40. The maximum absolute atomic E-state index is 4.69. The number of pyridine rings is 1. The van der Waals surface area contributed by atoms with Crippen molar-refractivity contribution in [3.8, 4) is 11.1 Å². The van der Waals surface area contributed by atoms with Crippen LogP contribution >= 0.6 is 11.3 Å². The first-order chi connectivity index (χ1) is 14.5. The SMILES string of the molecule is CC(C)NCc1nn2c(Cc3ccc4ncc(-c5cnn(C)c5)cc4c3)nnc2s1. The van der Waals surface area contributed by atoms with E-state index in [9.17, 15) is 0 Å². The molecule has 5 rings (SSSR count). The molecule has 0 fully saturated rings. The van der Waals surface area contributed by atoms with E-state index in [4.69, 9.17) is 0 Å². The summed E-state index contributed by atoms with van der Waals surface area (Å²) in [7, 11) is 1.91. The number of fused-ring (bicyclic) bond motifs is 2. The molecular formula is C21H22N8S. The Morgan fingerprint density at radius 3 is 2.80 bits per heavy atom. The number of aryl methyl sites for hydroxylation is 1. The zero-order chi connectivity index (χ0) is 20.7. The Morgan fingerprint density at radius 1 is 1.10 bits per heavy atom. The third-order valence-corrected chi connectivity index (χ3v) is 5.80. The van der Waals surface area contributed by atoms with Crippen molar-refractivity contribution in [2.75, 3.05) is 0 Å². The van der Waals surface area contributed by atoms with E-state index in [1.54, 1.807) is 16.0 Å². The molecule has 30 heavy (non-hydrogen) atoms. The molecule has 1 N–H and O–H groups in total. The van der Waals surface area contributed by atoms with E-state index in [1.165, 1.54) is 0 Å². The molecular weight excluding hydrogens is 396 g/mol. The first-order valence-electron chi connectivity index (χ1n) is 9.86. The highest BCUT2D eigenvalue weighted by atomic mass is 32.1. The zero-order valence-electron chi connectivity index (χ0n) is 17.1. The van der Waals surface area contributed by atoms with Crippen LogP contribution in [0.4, 0.5) is 0 Å². The molecule has 5 aromatic rings. The van der Waals surface area contributed by atoms with Crippen LogP contribution in [0.5, 0.6) is 0 Å². The van der Waals surface area contributed by atoms with Crippen LogP contribution in [-0.4, -0.2) is 40.6 Å². The zero-order valence-corrected chi connectivity index (χ0v) is 17.9. The molecule has 0 saturated heterocycles. The first-order valence-corrected chi connectivity index (χ1v) is 10.7. The van der Waals surface area contributed by atoms with E-state index in [0.717, 1.165) is 49.9 Å². The molecule has 0 radical (unpaired) electrons. The van der Waals surface area contributed by atoms with E-state index in [0.29, 0.717) is 12.5 Å². The van der Waals surface area contributed by atoms with Crippen LogP contribution in [0.15, 0.2) is 42.9 Å². The summed E-state index contributed by atoms with van der Waals surface area (Å²) in [6.45, 7) is 4.99. The number of hydrogen-bond donors (Lipinski definition) is 1. The van der Waals surface area contributed by atoms with Crippen LogP contribution in [0, 0.1) is 0 Å². The van der Waals surface area contributed by atoms with Gasteiger partial charge in [0.15, 0.2) is 5.82 Å². The summed E-state index contributed by atoms with van der Waals surface area (Å²) in [5.41, 5.74) is 4.23. The van der Waals surface area contributed by atoms with Crippen LogP contribution in [0.2, 0.25) is 0 Å². The second-order valence-corrected chi connectivity index (χ2v) is 8.71. The Labute approximate surface area is 177 Å². The molecule has 0 aliphatic heterocycles. The smallest absolute Gasteiger partial charge is 0.234 e. The van der Waals surface area contributed by atoms with Gasteiger partial charge in [0.1, 0.15) is 5.01 Å². The summed E-state index contributed by atoms with van der Waals surface area (Å²) >= 11 is 1.57. The summed E-state index contributed by atoms with van der Waals surface area (Å²) in [6, 6.07) is 8.88.